The standard InChI is InChI=1S/C20H24N2O4S/c1-15-12-18(27(24,25)21-17-8-9-17)10-11-19(15)26-14-20(23)22(2)13-16-6-4-3-5-7-16/h3-7,10-12,17,21H,8-9,13-14H2,1-2H3. The predicted octanol–water partition coefficient (Wildman–Crippen LogP) is 2.47. The van der Waals surface area contributed by atoms with Crippen LogP contribution in [0.25, 0.3) is 0 Å². The number of carbonyl (C=O) groups excluding carboxylic acids is 1. The molecular formula is C20H24N2O4S. The number of rotatable bonds is 8. The average molecular weight is 388 g/mol. The maximum absolute atomic E-state index is 12.3. The van der Waals surface area contributed by atoms with Crippen molar-refractivity contribution in [1.82, 2.24) is 9.62 Å². The van der Waals surface area contributed by atoms with E-state index in [0.717, 1.165) is 18.4 Å². The minimum Gasteiger partial charge on any atom is -0.483 e. The maximum atomic E-state index is 12.3. The quantitative estimate of drug-likeness (QED) is 0.754. The highest BCUT2D eigenvalue weighted by atomic mass is 32.2. The molecule has 1 saturated carbocycles. The summed E-state index contributed by atoms with van der Waals surface area (Å²) in [5, 5.41) is 0. The Balaban J connectivity index is 1.58. The van der Waals surface area contributed by atoms with Crippen LogP contribution in [0, 0.1) is 6.92 Å². The minimum atomic E-state index is -3.50. The van der Waals surface area contributed by atoms with Gasteiger partial charge in [0.2, 0.25) is 10.0 Å². The fourth-order valence-electron chi connectivity index (χ4n) is 2.63. The summed E-state index contributed by atoms with van der Waals surface area (Å²) in [5.41, 5.74) is 1.72. The topological polar surface area (TPSA) is 75.7 Å². The summed E-state index contributed by atoms with van der Waals surface area (Å²) in [7, 11) is -1.77. The van der Waals surface area contributed by atoms with Crippen LogP contribution in [0.5, 0.6) is 5.75 Å². The molecule has 6 nitrogen and oxygen atoms in total. The van der Waals surface area contributed by atoms with Gasteiger partial charge in [-0.15, -0.1) is 0 Å². The van der Waals surface area contributed by atoms with Crippen LogP contribution < -0.4 is 9.46 Å². The van der Waals surface area contributed by atoms with Crippen LogP contribution in [0.15, 0.2) is 53.4 Å². The molecule has 7 heteroatoms. The number of hydrogen-bond acceptors (Lipinski definition) is 4. The molecule has 1 aliphatic carbocycles. The van der Waals surface area contributed by atoms with Gasteiger partial charge in [-0.2, -0.15) is 0 Å². The first-order chi connectivity index (χ1) is 12.8. The summed E-state index contributed by atoms with van der Waals surface area (Å²) in [6.07, 6.45) is 1.77. The second kappa shape index (κ2) is 8.10. The molecule has 0 aromatic heterocycles. The van der Waals surface area contributed by atoms with Crippen molar-refractivity contribution >= 4 is 15.9 Å². The number of likely N-dealkylation sites (N-methyl/N-ethyl adjacent to an activating group) is 1. The Morgan fingerprint density at radius 1 is 1.19 bits per heavy atom. The van der Waals surface area contributed by atoms with Gasteiger partial charge in [0.1, 0.15) is 5.75 Å². The highest BCUT2D eigenvalue weighted by molar-refractivity contribution is 7.89. The van der Waals surface area contributed by atoms with Crippen LogP contribution in [0.3, 0.4) is 0 Å². The van der Waals surface area contributed by atoms with Crippen LogP contribution in [-0.4, -0.2) is 38.9 Å². The molecular weight excluding hydrogens is 364 g/mol. The van der Waals surface area contributed by atoms with E-state index in [1.54, 1.807) is 31.0 Å². The number of nitrogens with one attached hydrogen (secondary N) is 1. The molecule has 0 radical (unpaired) electrons. The SMILES string of the molecule is Cc1cc(S(=O)(=O)NC2CC2)ccc1OCC(=O)N(C)Cc1ccccc1. The second-order valence-electron chi connectivity index (χ2n) is 6.85. The molecule has 2 aromatic rings. The van der Waals surface area contributed by atoms with Crippen molar-refractivity contribution < 1.29 is 17.9 Å². The van der Waals surface area contributed by atoms with E-state index in [2.05, 4.69) is 4.72 Å². The maximum Gasteiger partial charge on any atom is 0.260 e. The summed E-state index contributed by atoms with van der Waals surface area (Å²) in [5.74, 6) is 0.354. The van der Waals surface area contributed by atoms with Crippen molar-refractivity contribution in [3.05, 3.63) is 59.7 Å². The summed E-state index contributed by atoms with van der Waals surface area (Å²) in [6.45, 7) is 2.17. The zero-order valence-corrected chi connectivity index (χ0v) is 16.3. The number of amides is 1. The highest BCUT2D eigenvalue weighted by Crippen LogP contribution is 2.25. The first kappa shape index (κ1) is 19.4. The normalized spacial score (nSPS) is 14.0. The lowest BCUT2D eigenvalue weighted by Crippen LogP contribution is -2.31. The fraction of sp³-hybridized carbons (Fsp3) is 0.350. The molecule has 1 aliphatic rings. The molecule has 0 saturated heterocycles. The third-order valence-electron chi connectivity index (χ3n) is 4.40. The van der Waals surface area contributed by atoms with Crippen molar-refractivity contribution in [3.8, 4) is 5.75 Å². The van der Waals surface area contributed by atoms with Crippen LogP contribution >= 0.6 is 0 Å². The molecule has 0 atom stereocenters. The molecule has 27 heavy (non-hydrogen) atoms. The van der Waals surface area contributed by atoms with Crippen molar-refractivity contribution in [3.63, 3.8) is 0 Å². The lowest BCUT2D eigenvalue weighted by atomic mass is 10.2. The van der Waals surface area contributed by atoms with Crippen molar-refractivity contribution in [2.24, 2.45) is 0 Å². The van der Waals surface area contributed by atoms with E-state index in [1.165, 1.54) is 6.07 Å². The van der Waals surface area contributed by atoms with E-state index >= 15 is 0 Å². The number of ether oxygens (including phenoxy) is 1. The van der Waals surface area contributed by atoms with Gasteiger partial charge in [-0.3, -0.25) is 4.79 Å². The smallest absolute Gasteiger partial charge is 0.260 e. The summed E-state index contributed by atoms with van der Waals surface area (Å²) in [6, 6.07) is 14.4. The Bertz CT molecular complexity index is 909. The number of carbonyl (C=O) groups is 1. The number of nitrogens with zero attached hydrogens (tertiary/aromatic N) is 1. The van der Waals surface area contributed by atoms with Gasteiger partial charge >= 0.3 is 0 Å². The molecule has 0 aliphatic heterocycles. The molecule has 1 amide bonds. The van der Waals surface area contributed by atoms with E-state index in [0.29, 0.717) is 17.9 Å². The van der Waals surface area contributed by atoms with Crippen LogP contribution in [0.2, 0.25) is 0 Å². The largest absolute Gasteiger partial charge is 0.483 e. The molecule has 3 rings (SSSR count). The Hall–Kier alpha value is -2.38. The van der Waals surface area contributed by atoms with Crippen molar-refractivity contribution in [1.29, 1.82) is 0 Å². The minimum absolute atomic E-state index is 0.0593. The van der Waals surface area contributed by atoms with Gasteiger partial charge in [0.25, 0.3) is 5.91 Å². The van der Waals surface area contributed by atoms with Gasteiger partial charge in [0, 0.05) is 19.6 Å². The molecule has 0 heterocycles. The summed E-state index contributed by atoms with van der Waals surface area (Å²) in [4.78, 5) is 14.1. The summed E-state index contributed by atoms with van der Waals surface area (Å²) < 4.78 is 32.8. The van der Waals surface area contributed by atoms with Crippen LogP contribution in [-0.2, 0) is 21.4 Å². The molecule has 2 aromatic carbocycles. The number of aryl methyl sites for hydroxylation is 1. The van der Waals surface area contributed by atoms with E-state index in [-0.39, 0.29) is 23.5 Å². The zero-order valence-electron chi connectivity index (χ0n) is 15.5. The van der Waals surface area contributed by atoms with Gasteiger partial charge in [-0.05, 0) is 49.1 Å². The third-order valence-corrected chi connectivity index (χ3v) is 5.91. The molecule has 0 unspecified atom stereocenters. The van der Waals surface area contributed by atoms with Gasteiger partial charge in [-0.1, -0.05) is 30.3 Å². The number of hydrogen-bond donors (Lipinski definition) is 1. The van der Waals surface area contributed by atoms with Crippen LogP contribution in [0.4, 0.5) is 0 Å². The van der Waals surface area contributed by atoms with E-state index in [1.807, 2.05) is 30.3 Å². The Morgan fingerprint density at radius 2 is 1.89 bits per heavy atom. The monoisotopic (exact) mass is 388 g/mol. The predicted molar refractivity (Wildman–Crippen MR) is 103 cm³/mol. The Kier molecular flexibility index (Phi) is 5.82. The molecule has 0 spiro atoms. The third kappa shape index (κ3) is 5.30. The van der Waals surface area contributed by atoms with Crippen molar-refractivity contribution in [2.75, 3.05) is 13.7 Å². The Labute approximate surface area is 160 Å². The lowest BCUT2D eigenvalue weighted by molar-refractivity contribution is -0.132. The zero-order chi connectivity index (χ0) is 19.4. The highest BCUT2D eigenvalue weighted by Gasteiger charge is 2.28. The van der Waals surface area contributed by atoms with Gasteiger partial charge in [-0.25, -0.2) is 13.1 Å². The van der Waals surface area contributed by atoms with Gasteiger partial charge in [0.05, 0.1) is 4.90 Å². The van der Waals surface area contributed by atoms with Gasteiger partial charge < -0.3 is 9.64 Å². The second-order valence-corrected chi connectivity index (χ2v) is 8.56. The first-order valence-electron chi connectivity index (χ1n) is 8.89. The Morgan fingerprint density at radius 3 is 2.52 bits per heavy atom. The number of benzene rings is 2. The molecule has 1 N–H and O–H groups in total. The molecule has 1 fully saturated rings. The van der Waals surface area contributed by atoms with E-state index in [4.69, 9.17) is 4.74 Å². The summed E-state index contributed by atoms with van der Waals surface area (Å²) >= 11 is 0. The average Bonchev–Trinajstić information content (AvgIpc) is 3.44. The first-order valence-corrected chi connectivity index (χ1v) is 10.4. The van der Waals surface area contributed by atoms with Crippen molar-refractivity contribution in [2.45, 2.75) is 37.2 Å². The van der Waals surface area contributed by atoms with Crippen LogP contribution in [0.1, 0.15) is 24.0 Å². The van der Waals surface area contributed by atoms with E-state index < -0.39 is 10.0 Å². The van der Waals surface area contributed by atoms with Gasteiger partial charge in [0.15, 0.2) is 6.61 Å². The number of sulfonamides is 1. The molecule has 144 valence electrons. The molecule has 0 bridgehead atoms. The fourth-order valence-corrected chi connectivity index (χ4v) is 4.02. The van der Waals surface area contributed by atoms with E-state index in [9.17, 15) is 13.2 Å². The lowest BCUT2D eigenvalue weighted by Gasteiger charge is -2.18.